The summed E-state index contributed by atoms with van der Waals surface area (Å²) in [5.41, 5.74) is 2.01. The number of hydrogen-bond acceptors (Lipinski definition) is 5. The number of nitrogens with zero attached hydrogens (tertiary/aromatic N) is 3. The van der Waals surface area contributed by atoms with Crippen molar-refractivity contribution in [1.29, 1.82) is 0 Å². The Bertz CT molecular complexity index is 1130. The summed E-state index contributed by atoms with van der Waals surface area (Å²) in [6.45, 7) is 2.78. The fourth-order valence-corrected chi connectivity index (χ4v) is 3.76. The minimum Gasteiger partial charge on any atom is -0.475 e. The number of likely N-dealkylation sites (tertiary alicyclic amines) is 1. The van der Waals surface area contributed by atoms with Crippen LogP contribution < -0.4 is 5.32 Å². The van der Waals surface area contributed by atoms with Crippen LogP contribution in [0.15, 0.2) is 48.7 Å². The van der Waals surface area contributed by atoms with E-state index in [4.69, 9.17) is 9.90 Å². The Hall–Kier alpha value is -3.34. The molecule has 0 saturated carbocycles. The Morgan fingerprint density at radius 1 is 1.09 bits per heavy atom. The van der Waals surface area contributed by atoms with Crippen LogP contribution in [0, 0.1) is 11.6 Å². The van der Waals surface area contributed by atoms with Gasteiger partial charge in [-0.25, -0.2) is 18.6 Å². The molecule has 2 heterocycles. The molecule has 1 saturated heterocycles. The molecule has 1 aromatic heterocycles. The molecular weight excluding hydrogens is 459 g/mol. The van der Waals surface area contributed by atoms with E-state index in [2.05, 4.69) is 51.5 Å². The molecule has 2 N–H and O–H groups in total. The third-order valence-electron chi connectivity index (χ3n) is 5.77. The summed E-state index contributed by atoms with van der Waals surface area (Å²) in [6, 6.07) is 12.7. The molecule has 11 heteroatoms. The lowest BCUT2D eigenvalue weighted by atomic mass is 9.72. The SMILES string of the molecule is CN1CCC(CNc2cnc3cc(F)c(F)cc3n2)(c2ccccc2)CC1.O=C(O)C(F)(F)F. The number of halogens is 5. The molecule has 182 valence electrons. The van der Waals surface area contributed by atoms with Crippen LogP contribution in [0.5, 0.6) is 0 Å². The Morgan fingerprint density at radius 2 is 1.65 bits per heavy atom. The predicted molar refractivity (Wildman–Crippen MR) is 116 cm³/mol. The van der Waals surface area contributed by atoms with Gasteiger partial charge in [-0.3, -0.25) is 4.98 Å². The average Bonchev–Trinajstić information content (AvgIpc) is 2.80. The number of carboxylic acid groups (broad SMARTS) is 1. The summed E-state index contributed by atoms with van der Waals surface area (Å²) in [5.74, 6) is -4.01. The van der Waals surface area contributed by atoms with Gasteiger partial charge in [-0.1, -0.05) is 30.3 Å². The third-order valence-corrected chi connectivity index (χ3v) is 5.77. The topological polar surface area (TPSA) is 78.3 Å². The molecular formula is C23H23F5N4O2. The Kier molecular flexibility index (Phi) is 7.65. The van der Waals surface area contributed by atoms with Crippen LogP contribution in [0.1, 0.15) is 18.4 Å². The number of alkyl halides is 3. The van der Waals surface area contributed by atoms with Gasteiger partial charge in [-0.2, -0.15) is 13.2 Å². The molecule has 4 rings (SSSR count). The van der Waals surface area contributed by atoms with Crippen molar-refractivity contribution in [2.45, 2.75) is 24.4 Å². The molecule has 1 fully saturated rings. The maximum absolute atomic E-state index is 13.5. The molecule has 0 unspecified atom stereocenters. The molecule has 0 bridgehead atoms. The van der Waals surface area contributed by atoms with Crippen LogP contribution in [-0.2, 0) is 10.2 Å². The van der Waals surface area contributed by atoms with Gasteiger partial charge in [0.15, 0.2) is 11.6 Å². The monoisotopic (exact) mass is 482 g/mol. The summed E-state index contributed by atoms with van der Waals surface area (Å²) in [4.78, 5) is 19.9. The zero-order valence-corrected chi connectivity index (χ0v) is 18.2. The number of hydrogen-bond donors (Lipinski definition) is 2. The van der Waals surface area contributed by atoms with Gasteiger partial charge in [0, 0.05) is 24.1 Å². The number of piperidine rings is 1. The minimum atomic E-state index is -5.08. The number of rotatable bonds is 4. The fraction of sp³-hybridized carbons (Fsp3) is 0.348. The number of aromatic nitrogens is 2. The number of carboxylic acids is 1. The van der Waals surface area contributed by atoms with Gasteiger partial charge in [0.1, 0.15) is 5.82 Å². The van der Waals surface area contributed by atoms with E-state index in [9.17, 15) is 22.0 Å². The highest BCUT2D eigenvalue weighted by Crippen LogP contribution is 2.35. The Balaban J connectivity index is 0.000000406. The number of nitrogens with one attached hydrogen (secondary N) is 1. The standard InChI is InChI=1S/C21H22F2N4.C2HF3O2/c1-27-9-7-21(8-10-27,15-5-3-2-4-6-15)14-25-20-13-24-18-11-16(22)17(23)12-19(18)26-20;3-2(4,5)1(6)7/h2-6,11-13H,7-10,14H2,1H3,(H,25,26);(H,6,7). The van der Waals surface area contributed by atoms with Crippen LogP contribution in [0.25, 0.3) is 11.0 Å². The van der Waals surface area contributed by atoms with E-state index < -0.39 is 23.8 Å². The smallest absolute Gasteiger partial charge is 0.475 e. The fourth-order valence-electron chi connectivity index (χ4n) is 3.76. The van der Waals surface area contributed by atoms with Crippen molar-refractivity contribution in [1.82, 2.24) is 14.9 Å². The second kappa shape index (κ2) is 10.3. The van der Waals surface area contributed by atoms with Crippen LogP contribution >= 0.6 is 0 Å². The predicted octanol–water partition coefficient (Wildman–Crippen LogP) is 4.62. The highest BCUT2D eigenvalue weighted by Gasteiger charge is 2.38. The lowest BCUT2D eigenvalue weighted by molar-refractivity contribution is -0.192. The summed E-state index contributed by atoms with van der Waals surface area (Å²) in [7, 11) is 2.14. The van der Waals surface area contributed by atoms with E-state index >= 15 is 0 Å². The van der Waals surface area contributed by atoms with Crippen LogP contribution in [-0.4, -0.2) is 58.8 Å². The molecule has 0 amide bonds. The quantitative estimate of drug-likeness (QED) is 0.529. The molecule has 0 atom stereocenters. The number of aliphatic carboxylic acids is 1. The zero-order chi connectivity index (χ0) is 24.9. The second-order valence-corrected chi connectivity index (χ2v) is 8.12. The van der Waals surface area contributed by atoms with Gasteiger partial charge in [-0.05, 0) is 38.5 Å². The first kappa shape index (κ1) is 25.3. The first-order chi connectivity index (χ1) is 16.0. The van der Waals surface area contributed by atoms with Crippen LogP contribution in [0.2, 0.25) is 0 Å². The summed E-state index contributed by atoms with van der Waals surface area (Å²) in [5, 5.41) is 10.5. The number of anilines is 1. The van der Waals surface area contributed by atoms with Crippen molar-refractivity contribution < 1.29 is 31.9 Å². The van der Waals surface area contributed by atoms with E-state index in [-0.39, 0.29) is 5.41 Å². The van der Waals surface area contributed by atoms with E-state index in [1.165, 1.54) is 5.56 Å². The van der Waals surface area contributed by atoms with Gasteiger partial charge < -0.3 is 15.3 Å². The zero-order valence-electron chi connectivity index (χ0n) is 18.2. The number of carbonyl (C=O) groups is 1. The highest BCUT2D eigenvalue weighted by atomic mass is 19.4. The van der Waals surface area contributed by atoms with Gasteiger partial charge in [-0.15, -0.1) is 0 Å². The largest absolute Gasteiger partial charge is 0.490 e. The van der Waals surface area contributed by atoms with E-state index in [0.29, 0.717) is 23.4 Å². The van der Waals surface area contributed by atoms with Crippen molar-refractivity contribution in [3.8, 4) is 0 Å². The van der Waals surface area contributed by atoms with E-state index in [0.717, 1.165) is 38.1 Å². The van der Waals surface area contributed by atoms with Crippen molar-refractivity contribution in [3.63, 3.8) is 0 Å². The van der Waals surface area contributed by atoms with Gasteiger partial charge in [0.05, 0.1) is 17.2 Å². The van der Waals surface area contributed by atoms with Gasteiger partial charge in [0.2, 0.25) is 0 Å². The normalized spacial score (nSPS) is 15.9. The molecule has 34 heavy (non-hydrogen) atoms. The highest BCUT2D eigenvalue weighted by molar-refractivity contribution is 5.75. The van der Waals surface area contributed by atoms with Crippen molar-refractivity contribution in [3.05, 3.63) is 65.9 Å². The summed E-state index contributed by atoms with van der Waals surface area (Å²) in [6.07, 6.45) is -1.42. The maximum Gasteiger partial charge on any atom is 0.490 e. The molecule has 1 aliphatic rings. The Morgan fingerprint density at radius 3 is 2.21 bits per heavy atom. The van der Waals surface area contributed by atoms with E-state index in [1.807, 2.05) is 6.07 Å². The van der Waals surface area contributed by atoms with Crippen molar-refractivity contribution >= 4 is 22.8 Å². The minimum absolute atomic E-state index is 0.0124. The molecule has 0 spiro atoms. The number of fused-ring (bicyclic) bond motifs is 1. The molecule has 1 aliphatic heterocycles. The lowest BCUT2D eigenvalue weighted by Gasteiger charge is -2.41. The molecule has 6 nitrogen and oxygen atoms in total. The van der Waals surface area contributed by atoms with E-state index in [1.54, 1.807) is 6.20 Å². The summed E-state index contributed by atoms with van der Waals surface area (Å²) < 4.78 is 58.6. The molecule has 2 aromatic carbocycles. The lowest BCUT2D eigenvalue weighted by Crippen LogP contribution is -2.45. The third kappa shape index (κ3) is 6.16. The number of benzene rings is 2. The molecule has 3 aromatic rings. The molecule has 0 aliphatic carbocycles. The first-order valence-corrected chi connectivity index (χ1v) is 10.4. The second-order valence-electron chi connectivity index (χ2n) is 8.12. The van der Waals surface area contributed by atoms with Crippen LogP contribution in [0.3, 0.4) is 0 Å². The van der Waals surface area contributed by atoms with Gasteiger partial charge >= 0.3 is 12.1 Å². The Labute approximate surface area is 192 Å². The van der Waals surface area contributed by atoms with Crippen molar-refractivity contribution in [2.75, 3.05) is 32.0 Å². The maximum atomic E-state index is 13.5. The average molecular weight is 482 g/mol. The summed E-state index contributed by atoms with van der Waals surface area (Å²) >= 11 is 0. The first-order valence-electron chi connectivity index (χ1n) is 10.4. The van der Waals surface area contributed by atoms with Crippen LogP contribution in [0.4, 0.5) is 27.8 Å². The van der Waals surface area contributed by atoms with Crippen molar-refractivity contribution in [2.24, 2.45) is 0 Å². The molecule has 0 radical (unpaired) electrons. The van der Waals surface area contributed by atoms with Gasteiger partial charge in [0.25, 0.3) is 0 Å².